The van der Waals surface area contributed by atoms with Crippen molar-refractivity contribution in [3.8, 4) is 0 Å². The van der Waals surface area contributed by atoms with E-state index in [2.05, 4.69) is 16.0 Å². The van der Waals surface area contributed by atoms with Crippen LogP contribution in [0.15, 0.2) is 42.5 Å². The number of rotatable bonds is 6. The molecular weight excluding hydrogens is 451 g/mol. The Labute approximate surface area is 194 Å². The summed E-state index contributed by atoms with van der Waals surface area (Å²) in [6.07, 6.45) is -3.67. The van der Waals surface area contributed by atoms with Crippen LogP contribution in [0.5, 0.6) is 0 Å². The van der Waals surface area contributed by atoms with Crippen LogP contribution in [0.3, 0.4) is 0 Å². The number of benzene rings is 2. The number of aliphatic hydroxyl groups is 1. The van der Waals surface area contributed by atoms with Gasteiger partial charge in [-0.2, -0.15) is 13.2 Å². The number of alkyl halides is 3. The minimum Gasteiger partial charge on any atom is -0.389 e. The molecule has 0 aliphatic carbocycles. The minimum atomic E-state index is -4.43. The number of carbonyl (C=O) groups is 2. The molecule has 182 valence electrons. The van der Waals surface area contributed by atoms with E-state index in [1.54, 1.807) is 0 Å². The van der Waals surface area contributed by atoms with Crippen LogP contribution in [0.25, 0.3) is 0 Å². The molecule has 1 saturated heterocycles. The molecule has 7 nitrogen and oxygen atoms in total. The summed E-state index contributed by atoms with van der Waals surface area (Å²) >= 11 is 0. The molecule has 1 fully saturated rings. The SMILES string of the molecule is O=C(NCCc1cccc(C(F)(F)F)c1)C(=O)NCCc1ccc2c(c1)[C@@H]1C[C@H](N2)[C@H](O)CO1. The van der Waals surface area contributed by atoms with Crippen LogP contribution >= 0.6 is 0 Å². The molecule has 0 radical (unpaired) electrons. The fourth-order valence-corrected chi connectivity index (χ4v) is 4.23. The van der Waals surface area contributed by atoms with Crippen molar-refractivity contribution >= 4 is 17.5 Å². The highest BCUT2D eigenvalue weighted by Crippen LogP contribution is 2.39. The summed E-state index contributed by atoms with van der Waals surface area (Å²) < 4.78 is 44.1. The van der Waals surface area contributed by atoms with Crippen LogP contribution < -0.4 is 16.0 Å². The summed E-state index contributed by atoms with van der Waals surface area (Å²) in [6, 6.07) is 10.7. The number of hydrogen-bond donors (Lipinski definition) is 4. The average molecular weight is 477 g/mol. The highest BCUT2D eigenvalue weighted by Gasteiger charge is 2.36. The van der Waals surface area contributed by atoms with Gasteiger partial charge < -0.3 is 25.8 Å². The maximum atomic E-state index is 12.8. The molecule has 34 heavy (non-hydrogen) atoms. The molecule has 3 atom stereocenters. The summed E-state index contributed by atoms with van der Waals surface area (Å²) in [6.45, 7) is 0.576. The lowest BCUT2D eigenvalue weighted by molar-refractivity contribution is -0.139. The molecule has 0 spiro atoms. The van der Waals surface area contributed by atoms with Crippen molar-refractivity contribution in [2.75, 3.05) is 25.0 Å². The van der Waals surface area contributed by atoms with Crippen LogP contribution in [-0.4, -0.2) is 48.8 Å². The number of anilines is 1. The predicted octanol–water partition coefficient (Wildman–Crippen LogP) is 2.34. The molecule has 2 bridgehead atoms. The Bertz CT molecular complexity index is 1060. The van der Waals surface area contributed by atoms with Gasteiger partial charge in [-0.05, 0) is 36.1 Å². The molecule has 4 rings (SSSR count). The fraction of sp³-hybridized carbons (Fsp3) is 0.417. The van der Waals surface area contributed by atoms with E-state index in [9.17, 15) is 27.9 Å². The maximum absolute atomic E-state index is 12.8. The van der Waals surface area contributed by atoms with Gasteiger partial charge >= 0.3 is 18.0 Å². The molecular formula is C24H26F3N3O4. The van der Waals surface area contributed by atoms with E-state index < -0.39 is 29.7 Å². The van der Waals surface area contributed by atoms with Gasteiger partial charge in [-0.1, -0.05) is 30.3 Å². The third-order valence-electron chi connectivity index (χ3n) is 6.06. The second kappa shape index (κ2) is 10.0. The predicted molar refractivity (Wildman–Crippen MR) is 118 cm³/mol. The van der Waals surface area contributed by atoms with Gasteiger partial charge in [0.05, 0.1) is 30.4 Å². The van der Waals surface area contributed by atoms with Crippen LogP contribution in [0, 0.1) is 0 Å². The van der Waals surface area contributed by atoms with Crippen molar-refractivity contribution in [1.82, 2.24) is 10.6 Å². The van der Waals surface area contributed by atoms with E-state index in [0.29, 0.717) is 18.4 Å². The Morgan fingerprint density at radius 1 is 1.03 bits per heavy atom. The number of halogens is 3. The zero-order valence-corrected chi connectivity index (χ0v) is 18.3. The quantitative estimate of drug-likeness (QED) is 0.479. The lowest BCUT2D eigenvalue weighted by Crippen LogP contribution is -2.46. The van der Waals surface area contributed by atoms with E-state index in [4.69, 9.17) is 4.74 Å². The first-order valence-corrected chi connectivity index (χ1v) is 11.1. The van der Waals surface area contributed by atoms with Crippen LogP contribution in [0.4, 0.5) is 18.9 Å². The average Bonchev–Trinajstić information content (AvgIpc) is 2.81. The second-order valence-corrected chi connectivity index (χ2v) is 8.51. The number of fused-ring (bicyclic) bond motifs is 4. The summed E-state index contributed by atoms with van der Waals surface area (Å²) in [5.41, 5.74) is 2.57. The van der Waals surface area contributed by atoms with Gasteiger partial charge in [0.15, 0.2) is 0 Å². The van der Waals surface area contributed by atoms with Crippen molar-refractivity contribution in [3.63, 3.8) is 0 Å². The number of hydrogen-bond acceptors (Lipinski definition) is 5. The molecule has 0 aromatic heterocycles. The molecule has 4 N–H and O–H groups in total. The largest absolute Gasteiger partial charge is 0.416 e. The number of ether oxygens (including phenoxy) is 1. The summed E-state index contributed by atoms with van der Waals surface area (Å²) in [5, 5.41) is 18.3. The molecule has 2 aromatic carbocycles. The van der Waals surface area contributed by atoms with E-state index in [1.807, 2.05) is 18.2 Å². The normalized spacial score (nSPS) is 21.2. The van der Waals surface area contributed by atoms with Gasteiger partial charge in [-0.3, -0.25) is 9.59 Å². The standard InChI is InChI=1S/C24H26F3N3O4/c25-24(26,27)16-3-1-2-14(10-16)6-8-28-22(32)23(33)29-9-7-15-4-5-18-17(11-15)21-12-19(30-18)20(31)13-34-21/h1-5,10-11,19-21,30-31H,6-9,12-13H2,(H,28,32)(H,29,33)/t19-,20+,21-/m0/s1. The molecule has 0 saturated carbocycles. The Balaban J connectivity index is 1.21. The van der Waals surface area contributed by atoms with Crippen LogP contribution in [0.2, 0.25) is 0 Å². The zero-order valence-electron chi connectivity index (χ0n) is 18.3. The van der Waals surface area contributed by atoms with Gasteiger partial charge in [0.25, 0.3) is 0 Å². The zero-order chi connectivity index (χ0) is 24.3. The molecule has 2 aromatic rings. The summed E-state index contributed by atoms with van der Waals surface area (Å²) in [7, 11) is 0. The Morgan fingerprint density at radius 3 is 2.38 bits per heavy atom. The van der Waals surface area contributed by atoms with Gasteiger partial charge in [0.1, 0.15) is 0 Å². The lowest BCUT2D eigenvalue weighted by Gasteiger charge is -2.40. The molecule has 2 heterocycles. The Hall–Kier alpha value is -3.11. The maximum Gasteiger partial charge on any atom is 0.416 e. The topological polar surface area (TPSA) is 99.7 Å². The first-order chi connectivity index (χ1) is 16.2. The van der Waals surface area contributed by atoms with Crippen molar-refractivity contribution in [2.24, 2.45) is 0 Å². The summed E-state index contributed by atoms with van der Waals surface area (Å²) in [4.78, 5) is 24.0. The third kappa shape index (κ3) is 5.68. The van der Waals surface area contributed by atoms with Gasteiger partial charge in [0, 0.05) is 30.8 Å². The second-order valence-electron chi connectivity index (χ2n) is 8.51. The van der Waals surface area contributed by atoms with Crippen molar-refractivity contribution in [1.29, 1.82) is 0 Å². The number of carbonyl (C=O) groups excluding carboxylic acids is 2. The van der Waals surface area contributed by atoms with Crippen molar-refractivity contribution in [3.05, 3.63) is 64.7 Å². The lowest BCUT2D eigenvalue weighted by atomic mass is 9.89. The van der Waals surface area contributed by atoms with Crippen molar-refractivity contribution < 1.29 is 32.6 Å². The van der Waals surface area contributed by atoms with E-state index in [1.165, 1.54) is 12.1 Å². The van der Waals surface area contributed by atoms with Crippen molar-refractivity contribution in [2.45, 2.75) is 43.7 Å². The molecule has 10 heteroatoms. The number of nitrogens with one attached hydrogen (secondary N) is 3. The van der Waals surface area contributed by atoms with Crippen LogP contribution in [-0.2, 0) is 33.3 Å². The van der Waals surface area contributed by atoms with E-state index in [0.717, 1.165) is 28.9 Å². The first kappa shape index (κ1) is 24.0. The van der Waals surface area contributed by atoms with Gasteiger partial charge in [-0.25, -0.2) is 0 Å². The Kier molecular flexibility index (Phi) is 7.08. The molecule has 2 aliphatic rings. The smallest absolute Gasteiger partial charge is 0.389 e. The minimum absolute atomic E-state index is 0.0246. The third-order valence-corrected chi connectivity index (χ3v) is 6.06. The molecule has 0 unspecified atom stereocenters. The highest BCUT2D eigenvalue weighted by molar-refractivity contribution is 6.35. The number of amides is 2. The molecule has 2 aliphatic heterocycles. The monoisotopic (exact) mass is 477 g/mol. The molecule has 2 amide bonds. The highest BCUT2D eigenvalue weighted by atomic mass is 19.4. The van der Waals surface area contributed by atoms with Gasteiger partial charge in [0.2, 0.25) is 0 Å². The first-order valence-electron chi connectivity index (χ1n) is 11.1. The van der Waals surface area contributed by atoms with E-state index in [-0.39, 0.29) is 38.3 Å². The summed E-state index contributed by atoms with van der Waals surface area (Å²) in [5.74, 6) is -1.63. The van der Waals surface area contributed by atoms with E-state index >= 15 is 0 Å². The number of aliphatic hydroxyl groups excluding tert-OH is 1. The fourth-order valence-electron chi connectivity index (χ4n) is 4.23. The Morgan fingerprint density at radius 2 is 1.71 bits per heavy atom. The van der Waals surface area contributed by atoms with Gasteiger partial charge in [-0.15, -0.1) is 0 Å². The van der Waals surface area contributed by atoms with Crippen LogP contribution in [0.1, 0.15) is 34.8 Å².